The molecule has 0 radical (unpaired) electrons. The summed E-state index contributed by atoms with van der Waals surface area (Å²) in [7, 11) is 0. The Kier molecular flexibility index (Phi) is 4.69. The molecule has 0 amide bonds. The second-order valence-corrected chi connectivity index (χ2v) is 9.85. The molecule has 1 aliphatic carbocycles. The summed E-state index contributed by atoms with van der Waals surface area (Å²) in [6.07, 6.45) is 3.39. The van der Waals surface area contributed by atoms with Crippen LogP contribution >= 0.6 is 0 Å². The van der Waals surface area contributed by atoms with Crippen LogP contribution in [-0.2, 0) is 12.0 Å². The molecular formula is C26H28N4O2. The first-order chi connectivity index (χ1) is 15.2. The fourth-order valence-electron chi connectivity index (χ4n) is 4.23. The molecule has 6 heteroatoms. The number of imidazole rings is 1. The first-order valence-corrected chi connectivity index (χ1v) is 11.1. The molecule has 0 atom stereocenters. The SMILES string of the molecule is Cc1cccc(-n2c(=O)n(C3CC3)c(=O)c3c2ncn3Cc2ccc(C(C)(C)C)cc2)c1. The van der Waals surface area contributed by atoms with Gasteiger partial charge < -0.3 is 4.57 Å². The molecule has 0 aliphatic heterocycles. The lowest BCUT2D eigenvalue weighted by Gasteiger charge is -2.19. The zero-order valence-electron chi connectivity index (χ0n) is 19.0. The monoisotopic (exact) mass is 428 g/mol. The highest BCUT2D eigenvalue weighted by atomic mass is 16.2. The van der Waals surface area contributed by atoms with Gasteiger partial charge in [-0.3, -0.25) is 9.36 Å². The molecule has 1 fully saturated rings. The number of hydrogen-bond acceptors (Lipinski definition) is 3. The van der Waals surface area contributed by atoms with Gasteiger partial charge in [0.15, 0.2) is 11.2 Å². The number of fused-ring (bicyclic) bond motifs is 1. The predicted molar refractivity (Wildman–Crippen MR) is 127 cm³/mol. The molecule has 1 aliphatic rings. The molecule has 0 unspecified atom stereocenters. The van der Waals surface area contributed by atoms with Crippen molar-refractivity contribution >= 4 is 11.2 Å². The summed E-state index contributed by atoms with van der Waals surface area (Å²) in [5.41, 5.74) is 4.54. The summed E-state index contributed by atoms with van der Waals surface area (Å²) in [6.45, 7) is 9.08. The number of benzene rings is 2. The van der Waals surface area contributed by atoms with E-state index < -0.39 is 0 Å². The number of nitrogens with zero attached hydrogens (tertiary/aromatic N) is 4. The van der Waals surface area contributed by atoms with Gasteiger partial charge in [0.05, 0.1) is 12.0 Å². The Hall–Kier alpha value is -3.41. The maximum atomic E-state index is 13.4. The average Bonchev–Trinajstić information content (AvgIpc) is 3.48. The van der Waals surface area contributed by atoms with E-state index in [-0.39, 0.29) is 22.7 Å². The lowest BCUT2D eigenvalue weighted by Crippen LogP contribution is -2.39. The topological polar surface area (TPSA) is 61.8 Å². The van der Waals surface area contributed by atoms with Crippen molar-refractivity contribution < 1.29 is 0 Å². The van der Waals surface area contributed by atoms with E-state index in [4.69, 9.17) is 0 Å². The van der Waals surface area contributed by atoms with Crippen LogP contribution in [0.2, 0.25) is 0 Å². The minimum atomic E-state index is -0.310. The van der Waals surface area contributed by atoms with Crippen LogP contribution in [-0.4, -0.2) is 18.7 Å². The molecule has 2 aromatic heterocycles. The van der Waals surface area contributed by atoms with Crippen molar-refractivity contribution in [3.8, 4) is 5.69 Å². The summed E-state index contributed by atoms with van der Waals surface area (Å²) in [5.74, 6) is 0. The molecule has 0 spiro atoms. The highest BCUT2D eigenvalue weighted by Crippen LogP contribution is 2.32. The number of rotatable bonds is 4. The summed E-state index contributed by atoms with van der Waals surface area (Å²) in [4.78, 5) is 31.3. The van der Waals surface area contributed by atoms with E-state index >= 15 is 0 Å². The Morgan fingerprint density at radius 2 is 1.75 bits per heavy atom. The third kappa shape index (κ3) is 3.49. The molecule has 2 aromatic carbocycles. The van der Waals surface area contributed by atoms with E-state index in [1.165, 1.54) is 10.1 Å². The first kappa shape index (κ1) is 20.5. The van der Waals surface area contributed by atoms with Crippen molar-refractivity contribution in [3.63, 3.8) is 0 Å². The minimum absolute atomic E-state index is 0.0233. The summed E-state index contributed by atoms with van der Waals surface area (Å²) in [6, 6.07) is 16.2. The van der Waals surface area contributed by atoms with Crippen molar-refractivity contribution in [2.75, 3.05) is 0 Å². The molecule has 0 N–H and O–H groups in total. The average molecular weight is 429 g/mol. The van der Waals surface area contributed by atoms with Gasteiger partial charge in [0.1, 0.15) is 0 Å². The van der Waals surface area contributed by atoms with Gasteiger partial charge in [-0.15, -0.1) is 0 Å². The highest BCUT2D eigenvalue weighted by molar-refractivity contribution is 5.72. The number of aromatic nitrogens is 4. The Morgan fingerprint density at radius 3 is 2.38 bits per heavy atom. The van der Waals surface area contributed by atoms with Gasteiger partial charge in [0, 0.05) is 12.6 Å². The maximum absolute atomic E-state index is 13.4. The molecule has 32 heavy (non-hydrogen) atoms. The predicted octanol–water partition coefficient (Wildman–Crippen LogP) is 4.34. The number of aryl methyl sites for hydroxylation is 1. The smallest absolute Gasteiger partial charge is 0.320 e. The molecular weight excluding hydrogens is 400 g/mol. The van der Waals surface area contributed by atoms with Gasteiger partial charge in [0.25, 0.3) is 5.56 Å². The molecule has 164 valence electrons. The van der Waals surface area contributed by atoms with Gasteiger partial charge in [-0.2, -0.15) is 0 Å². The van der Waals surface area contributed by atoms with Crippen molar-refractivity contribution in [2.24, 2.45) is 0 Å². The summed E-state index contributed by atoms with van der Waals surface area (Å²) in [5, 5.41) is 0. The fourth-order valence-corrected chi connectivity index (χ4v) is 4.23. The van der Waals surface area contributed by atoms with Crippen molar-refractivity contribution in [2.45, 2.75) is 58.5 Å². The zero-order valence-corrected chi connectivity index (χ0v) is 19.0. The Bertz CT molecular complexity index is 1430. The number of hydrogen-bond donors (Lipinski definition) is 0. The molecule has 6 nitrogen and oxygen atoms in total. The largest absolute Gasteiger partial charge is 0.337 e. The van der Waals surface area contributed by atoms with Crippen LogP contribution in [0.5, 0.6) is 0 Å². The van der Waals surface area contributed by atoms with Gasteiger partial charge in [0.2, 0.25) is 0 Å². The van der Waals surface area contributed by atoms with Crippen molar-refractivity contribution in [1.29, 1.82) is 0 Å². The van der Waals surface area contributed by atoms with Crippen molar-refractivity contribution in [1.82, 2.24) is 18.7 Å². The Morgan fingerprint density at radius 1 is 1.03 bits per heavy atom. The maximum Gasteiger partial charge on any atom is 0.337 e. The van der Waals surface area contributed by atoms with Gasteiger partial charge in [-0.05, 0) is 54.0 Å². The van der Waals surface area contributed by atoms with Crippen LogP contribution in [0.3, 0.4) is 0 Å². The van der Waals surface area contributed by atoms with E-state index in [0.717, 1.165) is 29.7 Å². The van der Waals surface area contributed by atoms with Gasteiger partial charge in [-0.1, -0.05) is 57.2 Å². The standard InChI is InChI=1S/C26H28N4O2/c1-17-6-5-7-21(14-17)29-23-22(24(31)30(25(29)32)20-12-13-20)28(16-27-23)15-18-8-10-19(11-9-18)26(2,3)4/h5-11,14,16,20H,12-13,15H2,1-4H3. The highest BCUT2D eigenvalue weighted by Gasteiger charge is 2.30. The van der Waals surface area contributed by atoms with E-state index in [0.29, 0.717) is 17.7 Å². The zero-order chi connectivity index (χ0) is 22.6. The van der Waals surface area contributed by atoms with Crippen LogP contribution in [0, 0.1) is 6.92 Å². The quantitative estimate of drug-likeness (QED) is 0.486. The minimum Gasteiger partial charge on any atom is -0.320 e. The van der Waals surface area contributed by atoms with Gasteiger partial charge in [-0.25, -0.2) is 14.3 Å². The van der Waals surface area contributed by atoms with Crippen LogP contribution in [0.4, 0.5) is 0 Å². The van der Waals surface area contributed by atoms with E-state index in [1.54, 1.807) is 10.9 Å². The molecule has 0 bridgehead atoms. The second-order valence-electron chi connectivity index (χ2n) is 9.85. The first-order valence-electron chi connectivity index (χ1n) is 11.1. The summed E-state index contributed by atoms with van der Waals surface area (Å²) >= 11 is 0. The third-order valence-electron chi connectivity index (χ3n) is 6.19. The third-order valence-corrected chi connectivity index (χ3v) is 6.19. The molecule has 5 rings (SSSR count). The van der Waals surface area contributed by atoms with E-state index in [2.05, 4.69) is 50.0 Å². The van der Waals surface area contributed by atoms with Crippen molar-refractivity contribution in [3.05, 3.63) is 92.4 Å². The lowest BCUT2D eigenvalue weighted by atomic mass is 9.87. The van der Waals surface area contributed by atoms with Crippen LogP contribution in [0.1, 0.15) is 56.3 Å². The molecule has 2 heterocycles. The molecule has 4 aromatic rings. The van der Waals surface area contributed by atoms with E-state index in [1.807, 2.05) is 35.8 Å². The Labute approximate surface area is 186 Å². The van der Waals surface area contributed by atoms with Crippen LogP contribution in [0.15, 0.2) is 64.4 Å². The normalized spacial score (nSPS) is 14.2. The lowest BCUT2D eigenvalue weighted by molar-refractivity contribution is 0.590. The summed E-state index contributed by atoms with van der Waals surface area (Å²) < 4.78 is 4.88. The second kappa shape index (κ2) is 7.33. The van der Waals surface area contributed by atoms with Gasteiger partial charge >= 0.3 is 5.69 Å². The molecule has 0 saturated heterocycles. The van der Waals surface area contributed by atoms with Crippen LogP contribution < -0.4 is 11.2 Å². The van der Waals surface area contributed by atoms with E-state index in [9.17, 15) is 9.59 Å². The van der Waals surface area contributed by atoms with Crippen LogP contribution in [0.25, 0.3) is 16.9 Å². The Balaban J connectivity index is 1.68. The molecule has 1 saturated carbocycles. The fraction of sp³-hybridized carbons (Fsp3) is 0.346.